The topological polar surface area (TPSA) is 114 Å². The van der Waals surface area contributed by atoms with Crippen LogP contribution in [0, 0.1) is 0 Å². The molecule has 0 saturated carbocycles. The Hall–Kier alpha value is -2.93. The molecule has 1 unspecified atom stereocenters. The Kier molecular flexibility index (Phi) is 8.71. The van der Waals surface area contributed by atoms with Gasteiger partial charge in [-0.05, 0) is 101 Å². The molecule has 13 heteroatoms. The zero-order valence-electron chi connectivity index (χ0n) is 25.1. The number of carbonyl (C=O) groups excluding carboxylic acids is 2. The zero-order valence-corrected chi connectivity index (χ0v) is 27.5. The molecule has 0 spiro atoms. The predicted octanol–water partition coefficient (Wildman–Crippen LogP) is 6.92. The monoisotopic (exact) mass is 661 g/mol. The molecule has 2 aliphatic heterocycles. The molecular formula is C29H40BrN7O4S. The number of rotatable bonds is 4. The van der Waals surface area contributed by atoms with Crippen molar-refractivity contribution in [3.63, 3.8) is 0 Å². The Morgan fingerprint density at radius 1 is 0.929 bits per heavy atom. The van der Waals surface area contributed by atoms with Gasteiger partial charge in [0, 0.05) is 44.1 Å². The van der Waals surface area contributed by atoms with E-state index in [1.807, 2.05) is 47.6 Å². The molecule has 3 aromatic heterocycles. The summed E-state index contributed by atoms with van der Waals surface area (Å²) >= 11 is 5.01. The van der Waals surface area contributed by atoms with E-state index in [-0.39, 0.29) is 24.0 Å². The van der Waals surface area contributed by atoms with E-state index in [0.717, 1.165) is 52.4 Å². The van der Waals surface area contributed by atoms with Gasteiger partial charge in [-0.1, -0.05) is 0 Å². The summed E-state index contributed by atoms with van der Waals surface area (Å²) in [6.45, 7) is 13.8. The number of likely N-dealkylation sites (tertiary alicyclic amines) is 2. The summed E-state index contributed by atoms with van der Waals surface area (Å²) in [5, 5.41) is 8.96. The van der Waals surface area contributed by atoms with Crippen LogP contribution in [0.15, 0.2) is 22.8 Å². The Balaban J connectivity index is 1.29. The van der Waals surface area contributed by atoms with Gasteiger partial charge in [0.25, 0.3) is 0 Å². The molecule has 0 aromatic carbocycles. The number of amides is 2. The predicted molar refractivity (Wildman–Crippen MR) is 166 cm³/mol. The van der Waals surface area contributed by atoms with Crippen LogP contribution >= 0.6 is 27.5 Å². The van der Waals surface area contributed by atoms with E-state index in [1.54, 1.807) is 20.5 Å². The first-order chi connectivity index (χ1) is 19.8. The molecule has 11 nitrogen and oxygen atoms in total. The number of nitrogens with zero attached hydrogens (tertiary/aromatic N) is 6. The standard InChI is InChI=1S/C29H40BrN7O4S/c1-28(2,3)40-26(38)35-12-9-18(10-13-35)22-15-24(42-34-22)33-23-14-21(32-25-20(30)16-31-37(23)25)19-8-7-11-36(17-19)27(39)41-29(4,5)6/h14-16,18-19,33H,7-13,17H2,1-6H3. The van der Waals surface area contributed by atoms with Crippen LogP contribution in [0.3, 0.4) is 0 Å². The third kappa shape index (κ3) is 7.34. The molecule has 5 heterocycles. The van der Waals surface area contributed by atoms with E-state index in [1.165, 1.54) is 11.5 Å². The van der Waals surface area contributed by atoms with Crippen molar-refractivity contribution in [2.75, 3.05) is 31.5 Å². The van der Waals surface area contributed by atoms with Gasteiger partial charge in [-0.25, -0.2) is 14.6 Å². The summed E-state index contributed by atoms with van der Waals surface area (Å²) in [6.07, 6.45) is 4.69. The fourth-order valence-electron chi connectivity index (χ4n) is 5.31. The average molecular weight is 663 g/mol. The maximum Gasteiger partial charge on any atom is 0.410 e. The first-order valence-electron chi connectivity index (χ1n) is 14.5. The largest absolute Gasteiger partial charge is 0.444 e. The van der Waals surface area contributed by atoms with Crippen molar-refractivity contribution in [1.82, 2.24) is 28.8 Å². The maximum absolute atomic E-state index is 12.8. The van der Waals surface area contributed by atoms with E-state index in [9.17, 15) is 9.59 Å². The molecule has 228 valence electrons. The van der Waals surface area contributed by atoms with Crippen LogP contribution in [0.1, 0.15) is 90.4 Å². The van der Waals surface area contributed by atoms with Crippen LogP contribution in [0.5, 0.6) is 0 Å². The summed E-state index contributed by atoms with van der Waals surface area (Å²) in [7, 11) is 0. The van der Waals surface area contributed by atoms with E-state index < -0.39 is 11.2 Å². The molecule has 0 bridgehead atoms. The fourth-order valence-corrected chi connectivity index (χ4v) is 6.39. The number of aromatic nitrogens is 4. The molecule has 1 atom stereocenters. The number of hydrogen-bond acceptors (Lipinski definition) is 9. The molecular weight excluding hydrogens is 622 g/mol. The lowest BCUT2D eigenvalue weighted by atomic mass is 9.94. The van der Waals surface area contributed by atoms with Crippen molar-refractivity contribution in [1.29, 1.82) is 0 Å². The number of nitrogens with one attached hydrogen (secondary N) is 1. The Bertz CT molecular complexity index is 1440. The van der Waals surface area contributed by atoms with Gasteiger partial charge >= 0.3 is 12.2 Å². The van der Waals surface area contributed by atoms with Gasteiger partial charge in [0.05, 0.1) is 22.1 Å². The van der Waals surface area contributed by atoms with E-state index in [0.29, 0.717) is 31.8 Å². The van der Waals surface area contributed by atoms with Crippen molar-refractivity contribution < 1.29 is 19.1 Å². The minimum Gasteiger partial charge on any atom is -0.444 e. The van der Waals surface area contributed by atoms with Crippen molar-refractivity contribution in [2.24, 2.45) is 0 Å². The van der Waals surface area contributed by atoms with Crippen LogP contribution in [0.4, 0.5) is 20.4 Å². The summed E-state index contributed by atoms with van der Waals surface area (Å²) in [6, 6.07) is 4.11. The van der Waals surface area contributed by atoms with Crippen molar-refractivity contribution in [3.05, 3.63) is 34.2 Å². The number of ether oxygens (including phenoxy) is 2. The Morgan fingerprint density at radius 2 is 1.60 bits per heavy atom. The SMILES string of the molecule is CC(C)(C)OC(=O)N1CCC(c2cc(Nc3cc(C4CCCN(C(=O)OC(C)(C)C)C4)nc4c(Br)cnn34)sn2)CC1. The number of anilines is 2. The first kappa shape index (κ1) is 30.5. The maximum atomic E-state index is 12.8. The molecule has 2 amide bonds. The highest BCUT2D eigenvalue weighted by Gasteiger charge is 2.31. The molecule has 0 radical (unpaired) electrons. The highest BCUT2D eigenvalue weighted by molar-refractivity contribution is 9.10. The summed E-state index contributed by atoms with van der Waals surface area (Å²) < 4.78 is 18.5. The third-order valence-electron chi connectivity index (χ3n) is 7.28. The molecule has 0 aliphatic carbocycles. The van der Waals surface area contributed by atoms with Crippen molar-refractivity contribution in [2.45, 2.75) is 90.3 Å². The van der Waals surface area contributed by atoms with Gasteiger partial charge in [-0.15, -0.1) is 0 Å². The number of fused-ring (bicyclic) bond motifs is 1. The van der Waals surface area contributed by atoms with Crippen molar-refractivity contribution in [3.8, 4) is 0 Å². The van der Waals surface area contributed by atoms with E-state index in [2.05, 4.69) is 32.4 Å². The van der Waals surface area contributed by atoms with Gasteiger partial charge in [-0.2, -0.15) is 14.0 Å². The summed E-state index contributed by atoms with van der Waals surface area (Å²) in [5.74, 6) is 1.14. The third-order valence-corrected chi connectivity index (χ3v) is 8.56. The van der Waals surface area contributed by atoms with Gasteiger partial charge < -0.3 is 24.6 Å². The second kappa shape index (κ2) is 12.0. The molecule has 5 rings (SSSR count). The molecule has 2 aliphatic rings. The second-order valence-electron chi connectivity index (χ2n) is 13.0. The first-order valence-corrected chi connectivity index (χ1v) is 16.1. The molecule has 42 heavy (non-hydrogen) atoms. The van der Waals surface area contributed by atoms with E-state index >= 15 is 0 Å². The van der Waals surface area contributed by atoms with Crippen LogP contribution in [-0.4, -0.2) is 78.3 Å². The smallest absolute Gasteiger partial charge is 0.410 e. The minimum absolute atomic E-state index is 0.0748. The zero-order chi connectivity index (χ0) is 30.2. The lowest BCUT2D eigenvalue weighted by molar-refractivity contribution is 0.0190. The molecule has 1 N–H and O–H groups in total. The van der Waals surface area contributed by atoms with Gasteiger partial charge in [0.15, 0.2) is 5.65 Å². The van der Waals surface area contributed by atoms with E-state index in [4.69, 9.17) is 18.8 Å². The highest BCUT2D eigenvalue weighted by atomic mass is 79.9. The fraction of sp³-hybridized carbons (Fsp3) is 0.621. The quantitative estimate of drug-likeness (QED) is 0.320. The highest BCUT2D eigenvalue weighted by Crippen LogP contribution is 2.35. The lowest BCUT2D eigenvalue weighted by Gasteiger charge is -2.34. The van der Waals surface area contributed by atoms with Crippen LogP contribution in [0.2, 0.25) is 0 Å². The number of hydrogen-bond donors (Lipinski definition) is 1. The second-order valence-corrected chi connectivity index (χ2v) is 14.7. The summed E-state index contributed by atoms with van der Waals surface area (Å²) in [5.41, 5.74) is 1.60. The van der Waals surface area contributed by atoms with Crippen LogP contribution in [0.25, 0.3) is 5.65 Å². The molecule has 3 aromatic rings. The van der Waals surface area contributed by atoms with Gasteiger partial charge in [0.2, 0.25) is 0 Å². The molecule has 2 fully saturated rings. The van der Waals surface area contributed by atoms with Gasteiger partial charge in [0.1, 0.15) is 22.0 Å². The number of halogens is 1. The Labute approximate surface area is 259 Å². The Morgan fingerprint density at radius 3 is 2.26 bits per heavy atom. The average Bonchev–Trinajstić information content (AvgIpc) is 3.54. The molecule has 2 saturated heterocycles. The van der Waals surface area contributed by atoms with Crippen LogP contribution in [-0.2, 0) is 9.47 Å². The van der Waals surface area contributed by atoms with Crippen molar-refractivity contribution >= 4 is 56.1 Å². The normalized spacial score (nSPS) is 18.8. The minimum atomic E-state index is -0.538. The van der Waals surface area contributed by atoms with Gasteiger partial charge in [-0.3, -0.25) is 0 Å². The summed E-state index contributed by atoms with van der Waals surface area (Å²) in [4.78, 5) is 33.7. The number of carbonyl (C=O) groups is 2. The van der Waals surface area contributed by atoms with Crippen LogP contribution < -0.4 is 5.32 Å². The lowest BCUT2D eigenvalue weighted by Crippen LogP contribution is -2.42. The number of piperidine rings is 2.